The van der Waals surface area contributed by atoms with Crippen molar-refractivity contribution in [3.63, 3.8) is 0 Å². The molecule has 0 saturated carbocycles. The number of aromatic nitrogens is 1. The second-order valence-electron chi connectivity index (χ2n) is 3.12. The topological polar surface area (TPSA) is 55.1 Å². The van der Waals surface area contributed by atoms with Crippen LogP contribution in [0.4, 0.5) is 13.2 Å². The Labute approximate surface area is 106 Å². The molecular formula is C10H8ClF3N2O2. The largest absolute Gasteiger partial charge is 0.573 e. The number of nitriles is 1. The van der Waals surface area contributed by atoms with E-state index in [4.69, 9.17) is 21.6 Å². The second kappa shape index (κ2) is 5.78. The lowest BCUT2D eigenvalue weighted by molar-refractivity contribution is -0.274. The molecule has 0 aromatic carbocycles. The van der Waals surface area contributed by atoms with Crippen LogP contribution in [0.25, 0.3) is 0 Å². The van der Waals surface area contributed by atoms with Crippen LogP contribution in [0, 0.1) is 11.3 Å². The van der Waals surface area contributed by atoms with Gasteiger partial charge in [-0.15, -0.1) is 24.8 Å². The summed E-state index contributed by atoms with van der Waals surface area (Å²) in [5.74, 6) is -0.724. The van der Waals surface area contributed by atoms with Crippen LogP contribution in [0.15, 0.2) is 6.07 Å². The molecular weight excluding hydrogens is 273 g/mol. The van der Waals surface area contributed by atoms with Gasteiger partial charge in [0.1, 0.15) is 5.75 Å². The fourth-order valence-corrected chi connectivity index (χ4v) is 1.41. The number of alkyl halides is 4. The van der Waals surface area contributed by atoms with E-state index in [-0.39, 0.29) is 29.4 Å². The molecule has 0 N–H and O–H groups in total. The molecule has 0 aliphatic carbocycles. The molecule has 0 spiro atoms. The summed E-state index contributed by atoms with van der Waals surface area (Å²) in [4.78, 5) is 3.87. The highest BCUT2D eigenvalue weighted by Gasteiger charge is 2.33. The van der Waals surface area contributed by atoms with Crippen LogP contribution >= 0.6 is 11.6 Å². The van der Waals surface area contributed by atoms with Gasteiger partial charge in [0.15, 0.2) is 0 Å². The van der Waals surface area contributed by atoms with E-state index < -0.39 is 12.1 Å². The van der Waals surface area contributed by atoms with Crippen molar-refractivity contribution in [2.75, 3.05) is 7.11 Å². The zero-order valence-electron chi connectivity index (χ0n) is 9.21. The minimum absolute atomic E-state index is 0.0637. The maximum absolute atomic E-state index is 12.2. The van der Waals surface area contributed by atoms with Crippen molar-refractivity contribution in [1.82, 2.24) is 4.98 Å². The van der Waals surface area contributed by atoms with E-state index >= 15 is 0 Å². The van der Waals surface area contributed by atoms with Crippen molar-refractivity contribution in [2.45, 2.75) is 18.7 Å². The molecule has 0 aliphatic rings. The highest BCUT2D eigenvalue weighted by atomic mass is 35.5. The van der Waals surface area contributed by atoms with Gasteiger partial charge in [-0.25, -0.2) is 4.98 Å². The first-order valence-electron chi connectivity index (χ1n) is 4.66. The first-order chi connectivity index (χ1) is 8.41. The molecule has 0 radical (unpaired) electrons. The Morgan fingerprint density at radius 1 is 1.50 bits per heavy atom. The van der Waals surface area contributed by atoms with Gasteiger partial charge >= 0.3 is 6.36 Å². The molecule has 1 heterocycles. The Morgan fingerprint density at radius 2 is 2.17 bits per heavy atom. The third kappa shape index (κ3) is 3.67. The molecule has 18 heavy (non-hydrogen) atoms. The fraction of sp³-hybridized carbons (Fsp3) is 0.400. The van der Waals surface area contributed by atoms with Crippen LogP contribution in [0.3, 0.4) is 0 Å². The average Bonchev–Trinajstić information content (AvgIpc) is 2.29. The standard InChI is InChI=1S/C10H8ClF3N2O2/c1-17-9-7(2-3-15)8(18-10(12,13)14)4-6(5-11)16-9/h4H,2,5H2,1H3. The Kier molecular flexibility index (Phi) is 4.62. The minimum atomic E-state index is -4.86. The molecule has 0 amide bonds. The Morgan fingerprint density at radius 3 is 2.61 bits per heavy atom. The van der Waals surface area contributed by atoms with Crippen LogP contribution in [-0.2, 0) is 12.3 Å². The van der Waals surface area contributed by atoms with Gasteiger partial charge < -0.3 is 9.47 Å². The van der Waals surface area contributed by atoms with Gasteiger partial charge in [0, 0.05) is 6.07 Å². The summed E-state index contributed by atoms with van der Waals surface area (Å²) in [6, 6.07) is 2.76. The van der Waals surface area contributed by atoms with E-state index in [2.05, 4.69) is 9.72 Å². The van der Waals surface area contributed by atoms with Gasteiger partial charge in [-0.2, -0.15) is 5.26 Å². The Hall–Kier alpha value is -1.68. The summed E-state index contributed by atoms with van der Waals surface area (Å²) < 4.78 is 45.4. The fourth-order valence-electron chi connectivity index (χ4n) is 1.27. The van der Waals surface area contributed by atoms with Crippen molar-refractivity contribution in [2.24, 2.45) is 0 Å². The zero-order valence-corrected chi connectivity index (χ0v) is 9.97. The molecule has 98 valence electrons. The van der Waals surface area contributed by atoms with Gasteiger partial charge in [0.25, 0.3) is 0 Å². The molecule has 4 nitrogen and oxygen atoms in total. The van der Waals surface area contributed by atoms with E-state index in [0.717, 1.165) is 6.07 Å². The van der Waals surface area contributed by atoms with E-state index in [9.17, 15) is 13.2 Å². The van der Waals surface area contributed by atoms with Gasteiger partial charge in [-0.05, 0) is 0 Å². The smallest absolute Gasteiger partial charge is 0.481 e. The predicted octanol–water partition coefficient (Wildman–Crippen LogP) is 2.79. The molecule has 0 saturated heterocycles. The normalized spacial score (nSPS) is 10.9. The highest BCUT2D eigenvalue weighted by molar-refractivity contribution is 6.16. The summed E-state index contributed by atoms with van der Waals surface area (Å²) in [7, 11) is 1.23. The number of halogens is 4. The third-order valence-corrected chi connectivity index (χ3v) is 2.18. The van der Waals surface area contributed by atoms with Crippen LogP contribution in [-0.4, -0.2) is 18.5 Å². The van der Waals surface area contributed by atoms with Crippen LogP contribution in [0.5, 0.6) is 11.6 Å². The molecule has 0 atom stereocenters. The van der Waals surface area contributed by atoms with Gasteiger partial charge in [-0.1, -0.05) is 0 Å². The number of nitrogens with zero attached hydrogens (tertiary/aromatic N) is 2. The minimum Gasteiger partial charge on any atom is -0.481 e. The average molecular weight is 281 g/mol. The van der Waals surface area contributed by atoms with Crippen LogP contribution in [0.1, 0.15) is 11.3 Å². The predicted molar refractivity (Wildman–Crippen MR) is 56.3 cm³/mol. The van der Waals surface area contributed by atoms with Crippen molar-refractivity contribution in [3.05, 3.63) is 17.3 Å². The SMILES string of the molecule is COc1nc(CCl)cc(OC(F)(F)F)c1CC#N. The van der Waals surface area contributed by atoms with E-state index in [0.29, 0.717) is 0 Å². The number of hydrogen-bond acceptors (Lipinski definition) is 4. The van der Waals surface area contributed by atoms with E-state index in [1.54, 1.807) is 6.07 Å². The highest BCUT2D eigenvalue weighted by Crippen LogP contribution is 2.32. The summed E-state index contributed by atoms with van der Waals surface area (Å²) in [5.41, 5.74) is 0.0978. The van der Waals surface area contributed by atoms with Crippen molar-refractivity contribution >= 4 is 11.6 Å². The number of rotatable bonds is 4. The molecule has 0 unspecified atom stereocenters. The van der Waals surface area contributed by atoms with Gasteiger partial charge in [0.05, 0.1) is 36.7 Å². The summed E-state index contributed by atoms with van der Waals surface area (Å²) in [6.45, 7) is 0. The molecule has 1 aromatic heterocycles. The molecule has 0 aliphatic heterocycles. The number of ether oxygens (including phenoxy) is 2. The quantitative estimate of drug-likeness (QED) is 0.796. The first kappa shape index (κ1) is 14.4. The van der Waals surface area contributed by atoms with Crippen LogP contribution < -0.4 is 9.47 Å². The van der Waals surface area contributed by atoms with Crippen LogP contribution in [0.2, 0.25) is 0 Å². The van der Waals surface area contributed by atoms with Gasteiger partial charge in [-0.3, -0.25) is 0 Å². The monoisotopic (exact) mass is 280 g/mol. The van der Waals surface area contributed by atoms with E-state index in [1.807, 2.05) is 0 Å². The zero-order chi connectivity index (χ0) is 13.8. The molecule has 8 heteroatoms. The molecule has 0 fully saturated rings. The first-order valence-corrected chi connectivity index (χ1v) is 5.20. The Balaban J connectivity index is 3.30. The lowest BCUT2D eigenvalue weighted by Crippen LogP contribution is -2.19. The lowest BCUT2D eigenvalue weighted by atomic mass is 10.1. The maximum Gasteiger partial charge on any atom is 0.573 e. The summed E-state index contributed by atoms with van der Waals surface area (Å²) in [5, 5.41) is 8.59. The number of pyridine rings is 1. The number of hydrogen-bond donors (Lipinski definition) is 0. The van der Waals surface area contributed by atoms with Crippen molar-refractivity contribution < 1.29 is 22.6 Å². The third-order valence-electron chi connectivity index (χ3n) is 1.91. The second-order valence-corrected chi connectivity index (χ2v) is 3.38. The number of methoxy groups -OCH3 is 1. The molecule has 0 bridgehead atoms. The van der Waals surface area contributed by atoms with Crippen molar-refractivity contribution in [1.29, 1.82) is 5.26 Å². The molecule has 1 rings (SSSR count). The van der Waals surface area contributed by atoms with Crippen molar-refractivity contribution in [3.8, 4) is 17.7 Å². The maximum atomic E-state index is 12.2. The van der Waals surface area contributed by atoms with E-state index in [1.165, 1.54) is 7.11 Å². The lowest BCUT2D eigenvalue weighted by Gasteiger charge is -2.15. The van der Waals surface area contributed by atoms with Gasteiger partial charge in [0.2, 0.25) is 5.88 Å². The summed E-state index contributed by atoms with van der Waals surface area (Å²) >= 11 is 5.51. The molecule has 1 aromatic rings. The summed E-state index contributed by atoms with van der Waals surface area (Å²) in [6.07, 6.45) is -5.18. The Bertz CT molecular complexity index is 471.